The quantitative estimate of drug-likeness (QED) is 0.788. The minimum absolute atomic E-state index is 0.0502. The maximum atomic E-state index is 12.7. The molecule has 2 rings (SSSR count). The summed E-state index contributed by atoms with van der Waals surface area (Å²) in [6, 6.07) is 7.98. The number of piperidine rings is 1. The van der Waals surface area contributed by atoms with E-state index >= 15 is 0 Å². The molecule has 0 aliphatic carbocycles. The fraction of sp³-hybridized carbons (Fsp3) is 0.636. The lowest BCUT2D eigenvalue weighted by Gasteiger charge is -2.33. The van der Waals surface area contributed by atoms with Crippen molar-refractivity contribution in [2.24, 2.45) is 5.92 Å². The highest BCUT2D eigenvalue weighted by Crippen LogP contribution is 2.23. The molecule has 162 valence electrons. The number of carbonyl (C=O) groups is 2. The fourth-order valence-corrected chi connectivity index (χ4v) is 3.42. The second-order valence-electron chi connectivity index (χ2n) is 8.74. The van der Waals surface area contributed by atoms with Gasteiger partial charge in [-0.3, -0.25) is 4.79 Å². The maximum absolute atomic E-state index is 12.7. The van der Waals surface area contributed by atoms with Gasteiger partial charge in [0.15, 0.2) is 0 Å². The van der Waals surface area contributed by atoms with E-state index in [1.165, 1.54) is 0 Å². The number of likely N-dealkylation sites (tertiary alicyclic amines) is 1. The molecule has 7 nitrogen and oxygen atoms in total. The van der Waals surface area contributed by atoms with Crippen molar-refractivity contribution in [2.45, 2.75) is 45.3 Å². The molecule has 0 aromatic heterocycles. The van der Waals surface area contributed by atoms with Crippen molar-refractivity contribution in [3.8, 4) is 5.75 Å². The van der Waals surface area contributed by atoms with Crippen LogP contribution in [0.1, 0.15) is 45.2 Å². The van der Waals surface area contributed by atoms with Crippen molar-refractivity contribution in [3.05, 3.63) is 29.8 Å². The maximum Gasteiger partial charge on any atom is 0.410 e. The summed E-state index contributed by atoms with van der Waals surface area (Å²) in [5.41, 5.74) is 0.615. The molecule has 1 fully saturated rings. The Morgan fingerprint density at radius 1 is 1.17 bits per heavy atom. The molecule has 2 amide bonds. The number of carbonyl (C=O) groups excluding carboxylic acids is 2. The van der Waals surface area contributed by atoms with E-state index < -0.39 is 5.60 Å². The molecule has 29 heavy (non-hydrogen) atoms. The molecule has 1 aliphatic rings. The number of hydrogen-bond donors (Lipinski definition) is 1. The number of amides is 2. The Bertz CT molecular complexity index is 674. The molecule has 1 aromatic carbocycles. The summed E-state index contributed by atoms with van der Waals surface area (Å²) in [4.78, 5) is 28.6. The zero-order valence-electron chi connectivity index (χ0n) is 18.5. The van der Waals surface area contributed by atoms with E-state index in [-0.39, 0.29) is 24.0 Å². The molecule has 1 heterocycles. The first-order valence-corrected chi connectivity index (χ1v) is 10.2. The number of nitrogens with zero attached hydrogens (tertiary/aromatic N) is 2. The molecule has 0 spiro atoms. The number of benzene rings is 1. The van der Waals surface area contributed by atoms with Crippen LogP contribution in [0.3, 0.4) is 0 Å². The van der Waals surface area contributed by atoms with Gasteiger partial charge in [-0.25, -0.2) is 4.79 Å². The number of likely N-dealkylation sites (N-methyl/N-ethyl adjacent to an activating group) is 1. The van der Waals surface area contributed by atoms with Gasteiger partial charge in [-0.05, 0) is 65.4 Å². The van der Waals surface area contributed by atoms with Crippen LogP contribution in [-0.2, 0) is 9.53 Å². The number of ether oxygens (including phenoxy) is 2. The van der Waals surface area contributed by atoms with Gasteiger partial charge in [0.1, 0.15) is 11.4 Å². The fourth-order valence-electron chi connectivity index (χ4n) is 3.42. The Kier molecular flexibility index (Phi) is 7.90. The van der Waals surface area contributed by atoms with E-state index in [9.17, 15) is 9.59 Å². The molecule has 1 saturated heterocycles. The predicted molar refractivity (Wildman–Crippen MR) is 113 cm³/mol. The molecule has 1 atom stereocenters. The predicted octanol–water partition coefficient (Wildman–Crippen LogP) is 3.06. The first-order valence-electron chi connectivity index (χ1n) is 10.2. The smallest absolute Gasteiger partial charge is 0.410 e. The van der Waals surface area contributed by atoms with Gasteiger partial charge >= 0.3 is 6.09 Å². The zero-order chi connectivity index (χ0) is 21.6. The van der Waals surface area contributed by atoms with Gasteiger partial charge in [0.2, 0.25) is 5.91 Å². The molecule has 7 heteroatoms. The summed E-state index contributed by atoms with van der Waals surface area (Å²) in [5, 5.41) is 3.10. The van der Waals surface area contributed by atoms with Gasteiger partial charge in [0.05, 0.1) is 13.2 Å². The Morgan fingerprint density at radius 2 is 1.76 bits per heavy atom. The topological polar surface area (TPSA) is 71.1 Å². The molecule has 1 aliphatic heterocycles. The van der Waals surface area contributed by atoms with E-state index in [0.29, 0.717) is 32.5 Å². The molecular formula is C22H35N3O4. The van der Waals surface area contributed by atoms with Crippen molar-refractivity contribution in [1.29, 1.82) is 0 Å². The van der Waals surface area contributed by atoms with Gasteiger partial charge < -0.3 is 24.6 Å². The van der Waals surface area contributed by atoms with Crippen LogP contribution in [0.5, 0.6) is 5.75 Å². The van der Waals surface area contributed by atoms with E-state index in [1.807, 2.05) is 59.1 Å². The van der Waals surface area contributed by atoms with Crippen LogP contribution >= 0.6 is 0 Å². The van der Waals surface area contributed by atoms with Crippen LogP contribution in [-0.4, -0.2) is 68.2 Å². The van der Waals surface area contributed by atoms with Gasteiger partial charge in [-0.2, -0.15) is 0 Å². The third-order valence-electron chi connectivity index (χ3n) is 5.11. The van der Waals surface area contributed by atoms with Crippen LogP contribution in [0.25, 0.3) is 0 Å². The second-order valence-corrected chi connectivity index (χ2v) is 8.74. The average molecular weight is 406 g/mol. The molecule has 0 bridgehead atoms. The monoisotopic (exact) mass is 405 g/mol. The minimum Gasteiger partial charge on any atom is -0.497 e. The molecule has 1 aromatic rings. The van der Waals surface area contributed by atoms with Gasteiger partial charge in [-0.1, -0.05) is 12.1 Å². The highest BCUT2D eigenvalue weighted by Gasteiger charge is 2.30. The summed E-state index contributed by atoms with van der Waals surface area (Å²) >= 11 is 0. The summed E-state index contributed by atoms with van der Waals surface area (Å²) in [6.45, 7) is 7.19. The third kappa shape index (κ3) is 6.92. The summed E-state index contributed by atoms with van der Waals surface area (Å²) < 4.78 is 10.6. The molecular weight excluding hydrogens is 370 g/mol. The van der Waals surface area contributed by atoms with Crippen LogP contribution in [0.15, 0.2) is 24.3 Å². The van der Waals surface area contributed by atoms with E-state index in [1.54, 1.807) is 12.0 Å². The summed E-state index contributed by atoms with van der Waals surface area (Å²) in [6.07, 6.45) is 1.00. The van der Waals surface area contributed by atoms with E-state index in [2.05, 4.69) is 10.2 Å². The van der Waals surface area contributed by atoms with Crippen molar-refractivity contribution in [2.75, 3.05) is 40.8 Å². The van der Waals surface area contributed by atoms with Crippen LogP contribution in [0, 0.1) is 5.92 Å². The normalized spacial score (nSPS) is 16.4. The molecule has 0 radical (unpaired) electrons. The number of nitrogens with one attached hydrogen (secondary N) is 1. The van der Waals surface area contributed by atoms with Crippen LogP contribution in [0.4, 0.5) is 4.79 Å². The van der Waals surface area contributed by atoms with E-state index in [0.717, 1.165) is 11.3 Å². The van der Waals surface area contributed by atoms with Crippen LogP contribution < -0.4 is 10.1 Å². The molecule has 0 saturated carbocycles. The first kappa shape index (κ1) is 23.0. The highest BCUT2D eigenvalue weighted by atomic mass is 16.6. The lowest BCUT2D eigenvalue weighted by atomic mass is 9.96. The lowest BCUT2D eigenvalue weighted by molar-refractivity contribution is -0.126. The minimum atomic E-state index is -0.506. The number of hydrogen-bond acceptors (Lipinski definition) is 5. The van der Waals surface area contributed by atoms with Crippen molar-refractivity contribution in [1.82, 2.24) is 15.1 Å². The van der Waals surface area contributed by atoms with Gasteiger partial charge in [-0.15, -0.1) is 0 Å². The number of methoxy groups -OCH3 is 1. The van der Waals surface area contributed by atoms with Crippen molar-refractivity contribution < 1.29 is 19.1 Å². The zero-order valence-corrected chi connectivity index (χ0v) is 18.5. The third-order valence-corrected chi connectivity index (χ3v) is 5.11. The Morgan fingerprint density at radius 3 is 2.24 bits per heavy atom. The summed E-state index contributed by atoms with van der Waals surface area (Å²) in [5.74, 6) is 0.786. The number of rotatable bonds is 6. The highest BCUT2D eigenvalue weighted by molar-refractivity contribution is 5.79. The van der Waals surface area contributed by atoms with Gasteiger partial charge in [0, 0.05) is 25.6 Å². The van der Waals surface area contributed by atoms with E-state index in [4.69, 9.17) is 9.47 Å². The Balaban J connectivity index is 1.85. The standard InChI is InChI=1S/C22H35N3O4/c1-22(2,3)29-21(27)25-13-11-17(12-14-25)20(26)23-15-19(24(4)5)16-7-9-18(28-6)10-8-16/h7-10,17,19H,11-15H2,1-6H3,(H,23,26). The second kappa shape index (κ2) is 9.96. The Labute approximate surface area is 174 Å². The largest absolute Gasteiger partial charge is 0.497 e. The average Bonchev–Trinajstić information content (AvgIpc) is 2.67. The van der Waals surface area contributed by atoms with Crippen LogP contribution in [0.2, 0.25) is 0 Å². The van der Waals surface area contributed by atoms with Crippen molar-refractivity contribution in [3.63, 3.8) is 0 Å². The SMILES string of the molecule is COc1ccc(C(CNC(=O)C2CCN(C(=O)OC(C)(C)C)CC2)N(C)C)cc1. The van der Waals surface area contributed by atoms with Crippen molar-refractivity contribution >= 4 is 12.0 Å². The lowest BCUT2D eigenvalue weighted by Crippen LogP contribution is -2.45. The Hall–Kier alpha value is -2.28. The van der Waals surface area contributed by atoms with Gasteiger partial charge in [0.25, 0.3) is 0 Å². The first-order chi connectivity index (χ1) is 13.6. The summed E-state index contributed by atoms with van der Waals surface area (Å²) in [7, 11) is 5.65. The molecule has 1 N–H and O–H groups in total. The molecule has 1 unspecified atom stereocenters.